The van der Waals surface area contributed by atoms with Gasteiger partial charge in [-0.25, -0.2) is 4.79 Å². The zero-order chi connectivity index (χ0) is 15.0. The van der Waals surface area contributed by atoms with E-state index in [0.717, 1.165) is 30.4 Å². The molecule has 1 aliphatic carbocycles. The molecule has 112 valence electrons. The molecule has 0 radical (unpaired) electrons. The second-order valence-electron chi connectivity index (χ2n) is 6.35. The lowest BCUT2D eigenvalue weighted by atomic mass is 9.94. The molecule has 2 fully saturated rings. The summed E-state index contributed by atoms with van der Waals surface area (Å²) in [5, 5.41) is 9.50. The molecule has 3 unspecified atom stereocenters. The van der Waals surface area contributed by atoms with Crippen LogP contribution in [0.2, 0.25) is 0 Å². The van der Waals surface area contributed by atoms with Gasteiger partial charge in [-0.15, -0.1) is 0 Å². The van der Waals surface area contributed by atoms with Crippen molar-refractivity contribution in [1.82, 2.24) is 4.90 Å². The molecule has 3 rings (SSSR count). The van der Waals surface area contributed by atoms with E-state index in [4.69, 9.17) is 0 Å². The number of benzene rings is 1. The minimum atomic E-state index is -0.845. The fraction of sp³-hybridized carbons (Fsp3) is 0.529. The predicted octanol–water partition coefficient (Wildman–Crippen LogP) is 2.25. The van der Waals surface area contributed by atoms with Gasteiger partial charge < -0.3 is 10.0 Å². The van der Waals surface area contributed by atoms with Gasteiger partial charge in [-0.2, -0.15) is 0 Å². The van der Waals surface area contributed by atoms with Gasteiger partial charge in [0, 0.05) is 6.54 Å². The lowest BCUT2D eigenvalue weighted by Gasteiger charge is -2.24. The van der Waals surface area contributed by atoms with Gasteiger partial charge in [0.1, 0.15) is 6.04 Å². The molecule has 1 heterocycles. The summed E-state index contributed by atoms with van der Waals surface area (Å²) in [4.78, 5) is 25.7. The first-order valence-corrected chi connectivity index (χ1v) is 7.64. The van der Waals surface area contributed by atoms with Gasteiger partial charge in [-0.1, -0.05) is 36.2 Å². The fourth-order valence-corrected chi connectivity index (χ4v) is 3.98. The first-order valence-electron chi connectivity index (χ1n) is 7.64. The van der Waals surface area contributed by atoms with Crippen molar-refractivity contribution in [2.24, 2.45) is 11.8 Å². The molecule has 0 bridgehead atoms. The third kappa shape index (κ3) is 2.67. The molecule has 3 atom stereocenters. The number of likely N-dealkylation sites (tertiary alicyclic amines) is 1. The number of hydrogen-bond acceptors (Lipinski definition) is 2. The van der Waals surface area contributed by atoms with Crippen LogP contribution in [-0.2, 0) is 16.0 Å². The molecule has 1 saturated carbocycles. The Hall–Kier alpha value is -1.84. The Balaban J connectivity index is 1.76. The highest BCUT2D eigenvalue weighted by Gasteiger charge is 2.49. The van der Waals surface area contributed by atoms with E-state index in [9.17, 15) is 14.7 Å². The van der Waals surface area contributed by atoms with E-state index in [0.29, 0.717) is 18.9 Å². The molecule has 1 amide bonds. The molecule has 1 N–H and O–H groups in total. The summed E-state index contributed by atoms with van der Waals surface area (Å²) in [5.41, 5.74) is 2.08. The highest BCUT2D eigenvalue weighted by molar-refractivity contribution is 5.86. The van der Waals surface area contributed by atoms with Gasteiger partial charge in [-0.3, -0.25) is 4.79 Å². The van der Waals surface area contributed by atoms with Crippen molar-refractivity contribution in [3.8, 4) is 0 Å². The molecule has 0 aromatic heterocycles. The number of carboxylic acids is 1. The predicted molar refractivity (Wildman–Crippen MR) is 78.9 cm³/mol. The van der Waals surface area contributed by atoms with E-state index in [1.165, 1.54) is 0 Å². The Morgan fingerprint density at radius 2 is 2.14 bits per heavy atom. The maximum Gasteiger partial charge on any atom is 0.326 e. The lowest BCUT2D eigenvalue weighted by Crippen LogP contribution is -2.43. The Kier molecular flexibility index (Phi) is 3.70. The molecule has 21 heavy (non-hydrogen) atoms. The van der Waals surface area contributed by atoms with Gasteiger partial charge in [0.15, 0.2) is 0 Å². The first kappa shape index (κ1) is 14.1. The molecular formula is C17H21NO3. The molecule has 1 aromatic carbocycles. The number of fused-ring (bicyclic) bond motifs is 1. The summed E-state index contributed by atoms with van der Waals surface area (Å²) >= 11 is 0. The van der Waals surface area contributed by atoms with E-state index in [-0.39, 0.29) is 11.8 Å². The summed E-state index contributed by atoms with van der Waals surface area (Å²) in [6, 6.07) is 7.23. The van der Waals surface area contributed by atoms with Gasteiger partial charge >= 0.3 is 5.97 Å². The lowest BCUT2D eigenvalue weighted by molar-refractivity contribution is -0.149. The maximum absolute atomic E-state index is 12.5. The van der Waals surface area contributed by atoms with Crippen molar-refractivity contribution in [2.75, 3.05) is 6.54 Å². The number of aliphatic carboxylic acids is 1. The standard InChI is InChI=1S/C17H21NO3/c1-11-4-2-5-12(8-11)9-15(19)18-10-13-6-3-7-14(13)16(18)17(20)21/h2,4-5,8,13-14,16H,3,6-7,9-10H2,1H3,(H,20,21). The van der Waals surface area contributed by atoms with Crippen LogP contribution in [0.1, 0.15) is 30.4 Å². The van der Waals surface area contributed by atoms with Gasteiger partial charge in [0.25, 0.3) is 0 Å². The number of nitrogens with zero attached hydrogens (tertiary/aromatic N) is 1. The number of rotatable bonds is 3. The van der Waals surface area contributed by atoms with Crippen LogP contribution in [0, 0.1) is 18.8 Å². The number of hydrogen-bond donors (Lipinski definition) is 1. The second-order valence-corrected chi connectivity index (χ2v) is 6.35. The van der Waals surface area contributed by atoms with Gasteiger partial charge in [-0.05, 0) is 37.2 Å². The number of carboxylic acid groups (broad SMARTS) is 1. The fourth-order valence-electron chi connectivity index (χ4n) is 3.98. The van der Waals surface area contributed by atoms with E-state index >= 15 is 0 Å². The number of carbonyl (C=O) groups excluding carboxylic acids is 1. The molecule has 1 aromatic rings. The minimum absolute atomic E-state index is 0.0533. The highest BCUT2D eigenvalue weighted by Crippen LogP contribution is 2.42. The van der Waals surface area contributed by atoms with E-state index in [1.807, 2.05) is 31.2 Å². The van der Waals surface area contributed by atoms with Crippen molar-refractivity contribution in [1.29, 1.82) is 0 Å². The summed E-state index contributed by atoms with van der Waals surface area (Å²) in [6.07, 6.45) is 3.39. The normalized spacial score (nSPS) is 27.7. The third-order valence-electron chi connectivity index (χ3n) is 4.90. The molecule has 4 nitrogen and oxygen atoms in total. The Bertz CT molecular complexity index is 569. The molecule has 1 saturated heterocycles. The first-order chi connectivity index (χ1) is 10.1. The molecular weight excluding hydrogens is 266 g/mol. The van der Waals surface area contributed by atoms with Crippen LogP contribution in [0.3, 0.4) is 0 Å². The minimum Gasteiger partial charge on any atom is -0.480 e. The SMILES string of the molecule is Cc1cccc(CC(=O)N2CC3CCCC3C2C(=O)O)c1. The van der Waals surface area contributed by atoms with Crippen LogP contribution >= 0.6 is 0 Å². The van der Waals surface area contributed by atoms with Crippen molar-refractivity contribution < 1.29 is 14.7 Å². The van der Waals surface area contributed by atoms with Crippen LogP contribution < -0.4 is 0 Å². The van der Waals surface area contributed by atoms with Crippen molar-refractivity contribution in [3.63, 3.8) is 0 Å². The summed E-state index contributed by atoms with van der Waals surface area (Å²) < 4.78 is 0. The number of carbonyl (C=O) groups is 2. The largest absolute Gasteiger partial charge is 0.480 e. The Morgan fingerprint density at radius 3 is 2.86 bits per heavy atom. The van der Waals surface area contributed by atoms with Crippen LogP contribution in [0.25, 0.3) is 0 Å². The summed E-state index contributed by atoms with van der Waals surface area (Å²) in [7, 11) is 0. The summed E-state index contributed by atoms with van der Waals surface area (Å²) in [5.74, 6) is -0.360. The third-order valence-corrected chi connectivity index (χ3v) is 4.90. The monoisotopic (exact) mass is 287 g/mol. The topological polar surface area (TPSA) is 57.6 Å². The van der Waals surface area contributed by atoms with Gasteiger partial charge in [0.05, 0.1) is 6.42 Å². The molecule has 4 heteroatoms. The quantitative estimate of drug-likeness (QED) is 0.927. The average Bonchev–Trinajstić information content (AvgIpc) is 2.97. The van der Waals surface area contributed by atoms with E-state index in [1.54, 1.807) is 4.90 Å². The van der Waals surface area contributed by atoms with Gasteiger partial charge in [0.2, 0.25) is 5.91 Å². The highest BCUT2D eigenvalue weighted by atomic mass is 16.4. The Labute approximate surface area is 124 Å². The smallest absolute Gasteiger partial charge is 0.326 e. The summed E-state index contributed by atoms with van der Waals surface area (Å²) in [6.45, 7) is 2.61. The van der Waals surface area contributed by atoms with E-state index in [2.05, 4.69) is 0 Å². The van der Waals surface area contributed by atoms with E-state index < -0.39 is 12.0 Å². The van der Waals surface area contributed by atoms with Crippen LogP contribution in [-0.4, -0.2) is 34.5 Å². The number of aryl methyl sites for hydroxylation is 1. The van der Waals surface area contributed by atoms with Crippen LogP contribution in [0.15, 0.2) is 24.3 Å². The molecule has 1 aliphatic heterocycles. The number of amides is 1. The maximum atomic E-state index is 12.5. The van der Waals surface area contributed by atoms with Crippen molar-refractivity contribution in [3.05, 3.63) is 35.4 Å². The molecule has 0 spiro atoms. The second kappa shape index (κ2) is 5.51. The zero-order valence-corrected chi connectivity index (χ0v) is 12.3. The average molecular weight is 287 g/mol. The molecule has 2 aliphatic rings. The van der Waals surface area contributed by atoms with Crippen molar-refractivity contribution >= 4 is 11.9 Å². The van der Waals surface area contributed by atoms with Crippen LogP contribution in [0.4, 0.5) is 0 Å². The zero-order valence-electron chi connectivity index (χ0n) is 12.3. The van der Waals surface area contributed by atoms with Crippen molar-refractivity contribution in [2.45, 2.75) is 38.6 Å². The Morgan fingerprint density at radius 1 is 1.33 bits per heavy atom. The van der Waals surface area contributed by atoms with Crippen LogP contribution in [0.5, 0.6) is 0 Å².